The van der Waals surface area contributed by atoms with E-state index in [1.807, 2.05) is 42.6 Å². The Morgan fingerprint density at radius 1 is 1.07 bits per heavy atom. The molecule has 0 fully saturated rings. The molecule has 146 valence electrons. The minimum atomic E-state index is -3.55. The van der Waals surface area contributed by atoms with E-state index in [2.05, 4.69) is 5.32 Å². The van der Waals surface area contributed by atoms with E-state index >= 15 is 0 Å². The first-order valence-electron chi connectivity index (χ1n) is 9.16. The highest BCUT2D eigenvalue weighted by Crippen LogP contribution is 2.19. The minimum absolute atomic E-state index is 0.159. The van der Waals surface area contributed by atoms with E-state index in [1.54, 1.807) is 32.0 Å². The summed E-state index contributed by atoms with van der Waals surface area (Å²) in [5.41, 5.74) is 1.63. The largest absolute Gasteiger partial charge is 0.333 e. The van der Waals surface area contributed by atoms with Crippen LogP contribution in [0.4, 0.5) is 5.69 Å². The van der Waals surface area contributed by atoms with E-state index in [1.165, 1.54) is 10.4 Å². The molecule has 0 unspecified atom stereocenters. The van der Waals surface area contributed by atoms with Crippen LogP contribution in [-0.4, -0.2) is 38.3 Å². The number of sulfonamides is 1. The zero-order chi connectivity index (χ0) is 19.9. The van der Waals surface area contributed by atoms with Crippen molar-refractivity contribution in [2.24, 2.45) is 0 Å². The van der Waals surface area contributed by atoms with Crippen LogP contribution in [0.5, 0.6) is 0 Å². The topological polar surface area (TPSA) is 83.1 Å². The summed E-state index contributed by atoms with van der Waals surface area (Å²) in [5.74, 6) is -0.171. The standard InChI is InChI=1S/C20H27N3O3S/c1-4-23(5-2)27(25,26)19-13-9-12-18(14-19)22-20(24)15-21-16(3)17-10-7-6-8-11-17/h6-14,16,21H,4-5,15H2,1-3H3,(H,22,24)/p+1/t16-/m0/s1. The molecule has 27 heavy (non-hydrogen) atoms. The Morgan fingerprint density at radius 3 is 2.37 bits per heavy atom. The molecule has 2 aromatic carbocycles. The first-order valence-corrected chi connectivity index (χ1v) is 10.6. The van der Waals surface area contributed by atoms with Crippen LogP contribution in [0.15, 0.2) is 59.5 Å². The lowest BCUT2D eigenvalue weighted by molar-refractivity contribution is -0.682. The Morgan fingerprint density at radius 2 is 1.74 bits per heavy atom. The highest BCUT2D eigenvalue weighted by molar-refractivity contribution is 7.89. The van der Waals surface area contributed by atoms with Crippen molar-refractivity contribution in [2.75, 3.05) is 25.0 Å². The molecule has 0 aliphatic heterocycles. The molecule has 0 aromatic heterocycles. The summed E-state index contributed by atoms with van der Waals surface area (Å²) < 4.78 is 26.6. The van der Waals surface area contributed by atoms with Crippen LogP contribution in [0.3, 0.4) is 0 Å². The van der Waals surface area contributed by atoms with E-state index in [4.69, 9.17) is 0 Å². The van der Waals surface area contributed by atoms with Gasteiger partial charge in [-0.15, -0.1) is 0 Å². The van der Waals surface area contributed by atoms with Gasteiger partial charge in [-0.25, -0.2) is 8.42 Å². The van der Waals surface area contributed by atoms with Crippen molar-refractivity contribution < 1.29 is 18.5 Å². The predicted octanol–water partition coefficient (Wildman–Crippen LogP) is 1.98. The van der Waals surface area contributed by atoms with Gasteiger partial charge in [0.1, 0.15) is 6.04 Å². The van der Waals surface area contributed by atoms with Crippen molar-refractivity contribution in [3.05, 3.63) is 60.2 Å². The van der Waals surface area contributed by atoms with Crippen LogP contribution in [0, 0.1) is 0 Å². The number of anilines is 1. The average molecular weight is 391 g/mol. The monoisotopic (exact) mass is 390 g/mol. The summed E-state index contributed by atoms with van der Waals surface area (Å²) in [6, 6.07) is 16.5. The molecule has 0 saturated carbocycles. The first-order chi connectivity index (χ1) is 12.9. The van der Waals surface area contributed by atoms with Gasteiger partial charge in [0.25, 0.3) is 5.91 Å². The number of hydrogen-bond donors (Lipinski definition) is 2. The molecule has 3 N–H and O–H groups in total. The number of hydrogen-bond acceptors (Lipinski definition) is 3. The van der Waals surface area contributed by atoms with Crippen LogP contribution in [0.25, 0.3) is 0 Å². The maximum absolute atomic E-state index is 12.6. The molecule has 0 radical (unpaired) electrons. The summed E-state index contributed by atoms with van der Waals surface area (Å²) in [5, 5.41) is 4.73. The van der Waals surface area contributed by atoms with E-state index in [-0.39, 0.29) is 23.4 Å². The van der Waals surface area contributed by atoms with E-state index in [0.717, 1.165) is 5.56 Å². The van der Waals surface area contributed by atoms with Gasteiger partial charge in [0, 0.05) is 24.3 Å². The summed E-state index contributed by atoms with van der Waals surface area (Å²) in [6.07, 6.45) is 0. The van der Waals surface area contributed by atoms with Crippen LogP contribution in [0.1, 0.15) is 32.4 Å². The molecule has 7 heteroatoms. The molecular formula is C20H28N3O3S+. The van der Waals surface area contributed by atoms with Gasteiger partial charge in [0.15, 0.2) is 6.54 Å². The fourth-order valence-electron chi connectivity index (χ4n) is 2.84. The van der Waals surface area contributed by atoms with Gasteiger partial charge in [-0.2, -0.15) is 4.31 Å². The molecule has 0 spiro atoms. The van der Waals surface area contributed by atoms with Crippen LogP contribution < -0.4 is 10.6 Å². The number of nitrogens with zero attached hydrogens (tertiary/aromatic N) is 1. The lowest BCUT2D eigenvalue weighted by Crippen LogP contribution is -2.86. The Balaban J connectivity index is 2.00. The third kappa shape index (κ3) is 5.63. The molecule has 2 rings (SSSR count). The molecule has 1 atom stereocenters. The van der Waals surface area contributed by atoms with Gasteiger partial charge < -0.3 is 10.6 Å². The fraction of sp³-hybridized carbons (Fsp3) is 0.350. The maximum Gasteiger partial charge on any atom is 0.279 e. The molecule has 6 nitrogen and oxygen atoms in total. The highest BCUT2D eigenvalue weighted by atomic mass is 32.2. The molecule has 0 bridgehead atoms. The lowest BCUT2D eigenvalue weighted by atomic mass is 10.1. The number of carbonyl (C=O) groups excluding carboxylic acids is 1. The number of nitrogens with two attached hydrogens (primary N) is 1. The number of quaternary nitrogens is 1. The van der Waals surface area contributed by atoms with Crippen molar-refractivity contribution in [1.29, 1.82) is 0 Å². The Kier molecular flexibility index (Phi) is 7.53. The number of carbonyl (C=O) groups is 1. The number of rotatable bonds is 9. The average Bonchev–Trinajstić information content (AvgIpc) is 2.67. The Bertz CT molecular complexity index is 850. The molecule has 0 saturated heterocycles. The van der Waals surface area contributed by atoms with Gasteiger partial charge in [-0.3, -0.25) is 4.79 Å². The summed E-state index contributed by atoms with van der Waals surface area (Å²) in [4.78, 5) is 12.4. The van der Waals surface area contributed by atoms with Crippen molar-refractivity contribution in [2.45, 2.75) is 31.7 Å². The number of nitrogens with one attached hydrogen (secondary N) is 1. The Labute approximate surface area is 161 Å². The van der Waals surface area contributed by atoms with Gasteiger partial charge in [0.05, 0.1) is 4.90 Å². The van der Waals surface area contributed by atoms with E-state index in [9.17, 15) is 13.2 Å². The summed E-state index contributed by atoms with van der Waals surface area (Å²) >= 11 is 0. The molecule has 0 aliphatic rings. The third-order valence-electron chi connectivity index (χ3n) is 4.44. The molecule has 2 aromatic rings. The number of benzene rings is 2. The molecule has 1 amide bonds. The van der Waals surface area contributed by atoms with E-state index in [0.29, 0.717) is 18.8 Å². The van der Waals surface area contributed by atoms with E-state index < -0.39 is 10.0 Å². The van der Waals surface area contributed by atoms with Crippen LogP contribution in [0.2, 0.25) is 0 Å². The summed E-state index contributed by atoms with van der Waals surface area (Å²) in [7, 11) is -3.55. The SMILES string of the molecule is CCN(CC)S(=O)(=O)c1cccc(NC(=O)C[NH2+][C@@H](C)c2ccccc2)c1. The molecular weight excluding hydrogens is 362 g/mol. The smallest absolute Gasteiger partial charge is 0.279 e. The first kappa shape index (κ1) is 21.1. The second kappa shape index (κ2) is 9.64. The lowest BCUT2D eigenvalue weighted by Gasteiger charge is -2.18. The third-order valence-corrected chi connectivity index (χ3v) is 6.49. The second-order valence-corrected chi connectivity index (χ2v) is 8.24. The minimum Gasteiger partial charge on any atom is -0.333 e. The van der Waals surface area contributed by atoms with Gasteiger partial charge >= 0.3 is 0 Å². The zero-order valence-corrected chi connectivity index (χ0v) is 16.9. The quantitative estimate of drug-likeness (QED) is 0.687. The van der Waals surface area contributed by atoms with Crippen LogP contribution in [-0.2, 0) is 14.8 Å². The van der Waals surface area contributed by atoms with Crippen molar-refractivity contribution in [1.82, 2.24) is 4.31 Å². The fourth-order valence-corrected chi connectivity index (χ4v) is 4.34. The Hall–Kier alpha value is -2.22. The van der Waals surface area contributed by atoms with Gasteiger partial charge in [-0.1, -0.05) is 50.2 Å². The second-order valence-electron chi connectivity index (χ2n) is 6.30. The number of amides is 1. The molecule has 0 heterocycles. The van der Waals surface area contributed by atoms with Crippen LogP contribution >= 0.6 is 0 Å². The molecule has 0 aliphatic carbocycles. The normalized spacial score (nSPS) is 12.7. The van der Waals surface area contributed by atoms with Gasteiger partial charge in [-0.05, 0) is 25.1 Å². The van der Waals surface area contributed by atoms with Crippen molar-refractivity contribution in [3.63, 3.8) is 0 Å². The highest BCUT2D eigenvalue weighted by Gasteiger charge is 2.22. The maximum atomic E-state index is 12.6. The summed E-state index contributed by atoms with van der Waals surface area (Å²) in [6.45, 7) is 6.71. The predicted molar refractivity (Wildman–Crippen MR) is 107 cm³/mol. The zero-order valence-electron chi connectivity index (χ0n) is 16.1. The van der Waals surface area contributed by atoms with Crippen molar-refractivity contribution >= 4 is 21.6 Å². The van der Waals surface area contributed by atoms with Crippen molar-refractivity contribution in [3.8, 4) is 0 Å². The van der Waals surface area contributed by atoms with Gasteiger partial charge in [0.2, 0.25) is 10.0 Å².